The number of rotatable bonds is 11. The number of alkyl carbamates (subject to hydrolysis) is 1. The zero-order valence-corrected chi connectivity index (χ0v) is 19.4. The van der Waals surface area contributed by atoms with Crippen LogP contribution >= 0.6 is 0 Å². The summed E-state index contributed by atoms with van der Waals surface area (Å²) in [5.74, 6) is -0.727. The Kier molecular flexibility index (Phi) is 9.91. The van der Waals surface area contributed by atoms with Crippen molar-refractivity contribution >= 4 is 18.0 Å². The molecule has 1 fully saturated rings. The number of nitrogens with one attached hydrogen (secondary N) is 1. The van der Waals surface area contributed by atoms with Gasteiger partial charge in [0.15, 0.2) is 0 Å². The zero-order valence-electron chi connectivity index (χ0n) is 19.4. The van der Waals surface area contributed by atoms with Crippen molar-refractivity contribution in [3.63, 3.8) is 0 Å². The lowest BCUT2D eigenvalue weighted by atomic mass is 10.1. The number of nitrogens with two attached hydrogens (primary N) is 1. The Balaban J connectivity index is 1.59. The molecule has 0 saturated carbocycles. The van der Waals surface area contributed by atoms with E-state index in [4.69, 9.17) is 15.2 Å². The molecule has 0 bridgehead atoms. The molecular weight excluding hydrogens is 434 g/mol. The first-order valence-corrected chi connectivity index (χ1v) is 11.8. The second-order valence-electron chi connectivity index (χ2n) is 8.33. The molecule has 8 nitrogen and oxygen atoms in total. The van der Waals surface area contributed by atoms with E-state index in [1.807, 2.05) is 60.7 Å². The van der Waals surface area contributed by atoms with Crippen molar-refractivity contribution in [2.75, 3.05) is 13.1 Å². The van der Waals surface area contributed by atoms with Crippen molar-refractivity contribution in [1.29, 1.82) is 0 Å². The normalized spacial score (nSPS) is 16.0. The number of carbonyl (C=O) groups excluding carboxylic acids is 3. The number of carbonyl (C=O) groups is 3. The monoisotopic (exact) mass is 467 g/mol. The van der Waals surface area contributed by atoms with Gasteiger partial charge in [0.05, 0.1) is 0 Å². The van der Waals surface area contributed by atoms with Crippen molar-refractivity contribution in [2.24, 2.45) is 5.73 Å². The van der Waals surface area contributed by atoms with Crippen LogP contribution in [-0.2, 0) is 32.3 Å². The Morgan fingerprint density at radius 2 is 1.56 bits per heavy atom. The average molecular weight is 468 g/mol. The standard InChI is InChI=1S/C26H33N3O5/c27-16-8-7-14-22(28-26(32)34-19-21-12-5-2-6-13-21)24(30)29-17-9-15-23(29)25(31)33-18-20-10-3-1-4-11-20/h1-6,10-13,22-23H,7-9,14-19,27H2,(H,28,32)/t22-,23-/m0/s1. The molecule has 3 rings (SSSR count). The largest absolute Gasteiger partial charge is 0.459 e. The predicted octanol–water partition coefficient (Wildman–Crippen LogP) is 3.14. The molecule has 2 aromatic carbocycles. The number of hydrogen-bond donors (Lipinski definition) is 2. The lowest BCUT2D eigenvalue weighted by Crippen LogP contribution is -2.52. The molecule has 0 unspecified atom stereocenters. The van der Waals surface area contributed by atoms with Crippen LogP contribution in [0.3, 0.4) is 0 Å². The number of benzene rings is 2. The predicted molar refractivity (Wildman–Crippen MR) is 127 cm³/mol. The highest BCUT2D eigenvalue weighted by Crippen LogP contribution is 2.21. The first kappa shape index (κ1) is 25.2. The van der Waals surface area contributed by atoms with E-state index in [9.17, 15) is 14.4 Å². The van der Waals surface area contributed by atoms with Crippen LogP contribution in [0.15, 0.2) is 60.7 Å². The molecule has 3 N–H and O–H groups in total. The highest BCUT2D eigenvalue weighted by atomic mass is 16.5. The fourth-order valence-electron chi connectivity index (χ4n) is 3.96. The Morgan fingerprint density at radius 3 is 2.18 bits per heavy atom. The molecule has 2 aromatic rings. The summed E-state index contributed by atoms with van der Waals surface area (Å²) in [4.78, 5) is 40.1. The molecule has 1 aliphatic rings. The summed E-state index contributed by atoms with van der Waals surface area (Å²) in [5, 5.41) is 2.69. The van der Waals surface area contributed by atoms with E-state index in [2.05, 4.69) is 5.32 Å². The molecule has 8 heteroatoms. The summed E-state index contributed by atoms with van der Waals surface area (Å²) in [7, 11) is 0. The summed E-state index contributed by atoms with van der Waals surface area (Å²) in [6.45, 7) is 1.20. The van der Waals surface area contributed by atoms with E-state index in [0.29, 0.717) is 38.8 Å². The van der Waals surface area contributed by atoms with Gasteiger partial charge < -0.3 is 25.4 Å². The van der Waals surface area contributed by atoms with Gasteiger partial charge in [-0.15, -0.1) is 0 Å². The summed E-state index contributed by atoms with van der Waals surface area (Å²) in [6.07, 6.45) is 2.38. The topological polar surface area (TPSA) is 111 Å². The summed E-state index contributed by atoms with van der Waals surface area (Å²) < 4.78 is 10.8. The van der Waals surface area contributed by atoms with Crippen LogP contribution in [-0.4, -0.2) is 48.0 Å². The van der Waals surface area contributed by atoms with Crippen molar-refractivity contribution in [3.8, 4) is 0 Å². The SMILES string of the molecule is NCCCC[C@H](NC(=O)OCc1ccccc1)C(=O)N1CCC[C@H]1C(=O)OCc1ccccc1. The van der Waals surface area contributed by atoms with Gasteiger partial charge in [0, 0.05) is 6.54 Å². The number of likely N-dealkylation sites (tertiary alicyclic amines) is 1. The zero-order chi connectivity index (χ0) is 24.2. The summed E-state index contributed by atoms with van der Waals surface area (Å²) in [6, 6.07) is 17.3. The van der Waals surface area contributed by atoms with Crippen LogP contribution < -0.4 is 11.1 Å². The fraction of sp³-hybridized carbons (Fsp3) is 0.423. The molecule has 2 amide bonds. The number of esters is 1. The van der Waals surface area contributed by atoms with Gasteiger partial charge in [0.25, 0.3) is 0 Å². The number of unbranched alkanes of at least 4 members (excludes halogenated alkanes) is 1. The highest BCUT2D eigenvalue weighted by molar-refractivity contribution is 5.90. The van der Waals surface area contributed by atoms with E-state index >= 15 is 0 Å². The lowest BCUT2D eigenvalue weighted by Gasteiger charge is -2.28. The Labute approximate surface area is 200 Å². The van der Waals surface area contributed by atoms with Crippen molar-refractivity contribution in [2.45, 2.75) is 57.4 Å². The summed E-state index contributed by atoms with van der Waals surface area (Å²) >= 11 is 0. The minimum atomic E-state index is -0.794. The molecule has 0 radical (unpaired) electrons. The van der Waals surface area contributed by atoms with Crippen molar-refractivity contribution in [1.82, 2.24) is 10.2 Å². The van der Waals surface area contributed by atoms with Gasteiger partial charge >= 0.3 is 12.1 Å². The third-order valence-electron chi connectivity index (χ3n) is 5.78. The van der Waals surface area contributed by atoms with Gasteiger partial charge in [-0.05, 0) is 49.8 Å². The van der Waals surface area contributed by atoms with Crippen LogP contribution in [0.2, 0.25) is 0 Å². The van der Waals surface area contributed by atoms with Gasteiger partial charge in [-0.1, -0.05) is 60.7 Å². The minimum absolute atomic E-state index is 0.106. The third-order valence-corrected chi connectivity index (χ3v) is 5.78. The molecule has 0 aliphatic carbocycles. The van der Waals surface area contributed by atoms with Gasteiger partial charge in [-0.3, -0.25) is 4.79 Å². The molecular formula is C26H33N3O5. The molecule has 182 valence electrons. The number of hydrogen-bond acceptors (Lipinski definition) is 6. The average Bonchev–Trinajstić information content (AvgIpc) is 3.36. The summed E-state index contributed by atoms with van der Waals surface area (Å²) in [5.41, 5.74) is 7.34. The van der Waals surface area contributed by atoms with Crippen molar-refractivity contribution in [3.05, 3.63) is 71.8 Å². The van der Waals surface area contributed by atoms with Crippen LogP contribution in [0.1, 0.15) is 43.2 Å². The van der Waals surface area contributed by atoms with Gasteiger partial charge in [0.1, 0.15) is 25.3 Å². The maximum Gasteiger partial charge on any atom is 0.408 e. The van der Waals surface area contributed by atoms with E-state index in [0.717, 1.165) is 17.5 Å². The van der Waals surface area contributed by atoms with E-state index in [1.54, 1.807) is 0 Å². The number of amides is 2. The van der Waals surface area contributed by atoms with Crippen molar-refractivity contribution < 1.29 is 23.9 Å². The van der Waals surface area contributed by atoms with Gasteiger partial charge in [0.2, 0.25) is 5.91 Å². The minimum Gasteiger partial charge on any atom is -0.459 e. The van der Waals surface area contributed by atoms with E-state index in [-0.39, 0.29) is 19.1 Å². The van der Waals surface area contributed by atoms with Crippen LogP contribution in [0.4, 0.5) is 4.79 Å². The van der Waals surface area contributed by atoms with E-state index in [1.165, 1.54) is 4.90 Å². The Morgan fingerprint density at radius 1 is 0.941 bits per heavy atom. The second kappa shape index (κ2) is 13.3. The van der Waals surface area contributed by atoms with Crippen LogP contribution in [0, 0.1) is 0 Å². The fourth-order valence-corrected chi connectivity index (χ4v) is 3.96. The van der Waals surface area contributed by atoms with Crippen LogP contribution in [0.5, 0.6) is 0 Å². The smallest absolute Gasteiger partial charge is 0.408 e. The molecule has 1 saturated heterocycles. The molecule has 0 spiro atoms. The molecule has 34 heavy (non-hydrogen) atoms. The highest BCUT2D eigenvalue weighted by Gasteiger charge is 2.38. The Bertz CT molecular complexity index is 923. The number of nitrogens with zero attached hydrogens (tertiary/aromatic N) is 1. The molecule has 1 heterocycles. The first-order valence-electron chi connectivity index (χ1n) is 11.8. The maximum absolute atomic E-state index is 13.4. The second-order valence-corrected chi connectivity index (χ2v) is 8.33. The molecule has 2 atom stereocenters. The lowest BCUT2D eigenvalue weighted by molar-refractivity contribution is -0.155. The Hall–Kier alpha value is -3.39. The van der Waals surface area contributed by atoms with E-state index < -0.39 is 24.1 Å². The number of ether oxygens (including phenoxy) is 2. The van der Waals surface area contributed by atoms with Gasteiger partial charge in [-0.25, -0.2) is 9.59 Å². The maximum atomic E-state index is 13.4. The van der Waals surface area contributed by atoms with Crippen LogP contribution in [0.25, 0.3) is 0 Å². The molecule has 1 aliphatic heterocycles. The third kappa shape index (κ3) is 7.59. The van der Waals surface area contributed by atoms with Gasteiger partial charge in [-0.2, -0.15) is 0 Å². The first-order chi connectivity index (χ1) is 16.6. The quantitative estimate of drug-likeness (QED) is 0.388. The molecule has 0 aromatic heterocycles.